The molecule has 0 aliphatic rings. The number of rotatable bonds is 6. The van der Waals surface area contributed by atoms with Crippen LogP contribution in [0.5, 0.6) is 0 Å². The molecule has 6 heteroatoms. The van der Waals surface area contributed by atoms with Crippen molar-refractivity contribution in [3.05, 3.63) is 30.6 Å². The number of pyridine rings is 1. The van der Waals surface area contributed by atoms with E-state index in [0.29, 0.717) is 6.54 Å². The molecule has 96 valence electrons. The number of aromatic nitrogens is 4. The molecule has 0 atom stereocenters. The maximum absolute atomic E-state index is 4.20. The van der Waals surface area contributed by atoms with Crippen LogP contribution in [0.25, 0.3) is 0 Å². The second-order valence-electron chi connectivity index (χ2n) is 4.08. The first kappa shape index (κ1) is 12.3. The van der Waals surface area contributed by atoms with Crippen molar-refractivity contribution in [1.82, 2.24) is 19.7 Å². The first-order valence-corrected chi connectivity index (χ1v) is 6.05. The Bertz CT molecular complexity index is 493. The van der Waals surface area contributed by atoms with Gasteiger partial charge in [-0.05, 0) is 12.5 Å². The summed E-state index contributed by atoms with van der Waals surface area (Å²) in [7, 11) is 1.85. The standard InChI is InChI=1S/C12H18N6/c1-3-4-14-10-5-11(7-13-6-10)15-8-12-16-9-18(2)17-12/h5-7,9,14-15H,3-4,8H2,1-2H3. The van der Waals surface area contributed by atoms with Crippen LogP contribution in [-0.2, 0) is 13.6 Å². The van der Waals surface area contributed by atoms with Gasteiger partial charge in [-0.1, -0.05) is 6.92 Å². The molecular weight excluding hydrogens is 228 g/mol. The fraction of sp³-hybridized carbons (Fsp3) is 0.417. The molecule has 0 unspecified atom stereocenters. The molecule has 0 saturated carbocycles. The van der Waals surface area contributed by atoms with Gasteiger partial charge in [-0.3, -0.25) is 9.67 Å². The fourth-order valence-electron chi connectivity index (χ4n) is 1.55. The molecule has 2 aromatic rings. The third-order valence-corrected chi connectivity index (χ3v) is 2.42. The molecular formula is C12H18N6. The predicted octanol–water partition coefficient (Wildman–Crippen LogP) is 1.64. The Hall–Kier alpha value is -2.11. The van der Waals surface area contributed by atoms with Crippen LogP contribution in [0.4, 0.5) is 11.4 Å². The summed E-state index contributed by atoms with van der Waals surface area (Å²) in [5, 5.41) is 10.8. The predicted molar refractivity (Wildman–Crippen MR) is 71.3 cm³/mol. The van der Waals surface area contributed by atoms with Gasteiger partial charge in [0.1, 0.15) is 6.33 Å². The Morgan fingerprint density at radius 3 is 2.67 bits per heavy atom. The van der Waals surface area contributed by atoms with E-state index in [1.807, 2.05) is 19.3 Å². The molecule has 0 aromatic carbocycles. The number of anilines is 2. The van der Waals surface area contributed by atoms with E-state index >= 15 is 0 Å². The van der Waals surface area contributed by atoms with E-state index in [1.54, 1.807) is 17.2 Å². The highest BCUT2D eigenvalue weighted by atomic mass is 15.3. The molecule has 0 fully saturated rings. The Kier molecular flexibility index (Phi) is 4.11. The summed E-state index contributed by atoms with van der Waals surface area (Å²) in [4.78, 5) is 8.34. The lowest BCUT2D eigenvalue weighted by Crippen LogP contribution is -2.04. The minimum atomic E-state index is 0.597. The van der Waals surface area contributed by atoms with Crippen LogP contribution in [0.2, 0.25) is 0 Å². The maximum atomic E-state index is 4.20. The fourth-order valence-corrected chi connectivity index (χ4v) is 1.55. The van der Waals surface area contributed by atoms with Gasteiger partial charge in [0, 0.05) is 13.6 Å². The number of hydrogen-bond donors (Lipinski definition) is 2. The molecule has 0 bridgehead atoms. The van der Waals surface area contributed by atoms with E-state index < -0.39 is 0 Å². The molecule has 0 aliphatic heterocycles. The lowest BCUT2D eigenvalue weighted by Gasteiger charge is -2.07. The number of nitrogens with zero attached hydrogens (tertiary/aromatic N) is 4. The number of nitrogens with one attached hydrogen (secondary N) is 2. The first-order chi connectivity index (χ1) is 8.78. The van der Waals surface area contributed by atoms with Crippen molar-refractivity contribution in [1.29, 1.82) is 0 Å². The van der Waals surface area contributed by atoms with Gasteiger partial charge in [0.05, 0.1) is 30.3 Å². The maximum Gasteiger partial charge on any atom is 0.169 e. The highest BCUT2D eigenvalue weighted by Gasteiger charge is 2.00. The lowest BCUT2D eigenvalue weighted by molar-refractivity contribution is 0.747. The zero-order valence-corrected chi connectivity index (χ0v) is 10.7. The minimum absolute atomic E-state index is 0.597. The monoisotopic (exact) mass is 246 g/mol. The summed E-state index contributed by atoms with van der Waals surface area (Å²) in [6, 6.07) is 2.03. The van der Waals surface area contributed by atoms with E-state index in [-0.39, 0.29) is 0 Å². The van der Waals surface area contributed by atoms with Crippen LogP contribution in [0.3, 0.4) is 0 Å². The van der Waals surface area contributed by atoms with Crippen molar-refractivity contribution >= 4 is 11.4 Å². The second-order valence-corrected chi connectivity index (χ2v) is 4.08. The van der Waals surface area contributed by atoms with Gasteiger partial charge in [0.25, 0.3) is 0 Å². The average molecular weight is 246 g/mol. The Labute approximate surface area is 106 Å². The third kappa shape index (κ3) is 3.44. The normalized spacial score (nSPS) is 10.3. The highest BCUT2D eigenvalue weighted by Crippen LogP contribution is 2.13. The third-order valence-electron chi connectivity index (χ3n) is 2.42. The Morgan fingerprint density at radius 2 is 2.00 bits per heavy atom. The Balaban J connectivity index is 1.92. The van der Waals surface area contributed by atoms with E-state index in [2.05, 4.69) is 32.6 Å². The summed E-state index contributed by atoms with van der Waals surface area (Å²) in [6.07, 6.45) is 6.39. The van der Waals surface area contributed by atoms with Crippen molar-refractivity contribution in [2.24, 2.45) is 7.05 Å². The van der Waals surface area contributed by atoms with Crippen LogP contribution in [0.1, 0.15) is 19.2 Å². The van der Waals surface area contributed by atoms with E-state index in [0.717, 1.165) is 30.2 Å². The van der Waals surface area contributed by atoms with Gasteiger partial charge in [0.15, 0.2) is 5.82 Å². The van der Waals surface area contributed by atoms with Crippen molar-refractivity contribution in [3.63, 3.8) is 0 Å². The highest BCUT2D eigenvalue weighted by molar-refractivity contribution is 5.53. The summed E-state index contributed by atoms with van der Waals surface area (Å²) < 4.78 is 1.69. The molecule has 0 saturated heterocycles. The van der Waals surface area contributed by atoms with E-state index in [1.165, 1.54) is 0 Å². The zero-order chi connectivity index (χ0) is 12.8. The van der Waals surface area contributed by atoms with E-state index in [4.69, 9.17) is 0 Å². The average Bonchev–Trinajstić information content (AvgIpc) is 2.80. The number of hydrogen-bond acceptors (Lipinski definition) is 5. The molecule has 2 rings (SSSR count). The molecule has 0 radical (unpaired) electrons. The second kappa shape index (κ2) is 6.00. The van der Waals surface area contributed by atoms with Crippen LogP contribution >= 0.6 is 0 Å². The molecule has 0 spiro atoms. The molecule has 0 aliphatic carbocycles. The van der Waals surface area contributed by atoms with Crippen LogP contribution in [0, 0.1) is 0 Å². The van der Waals surface area contributed by atoms with Gasteiger partial charge in [-0.25, -0.2) is 4.98 Å². The quantitative estimate of drug-likeness (QED) is 0.811. The molecule has 2 N–H and O–H groups in total. The van der Waals surface area contributed by atoms with Crippen LogP contribution in [0.15, 0.2) is 24.8 Å². The minimum Gasteiger partial charge on any atom is -0.384 e. The zero-order valence-electron chi connectivity index (χ0n) is 10.7. The van der Waals surface area contributed by atoms with Gasteiger partial charge in [-0.2, -0.15) is 5.10 Å². The summed E-state index contributed by atoms with van der Waals surface area (Å²) in [5.74, 6) is 0.768. The van der Waals surface area contributed by atoms with Gasteiger partial charge in [-0.15, -0.1) is 0 Å². The summed E-state index contributed by atoms with van der Waals surface area (Å²) in [6.45, 7) is 3.68. The molecule has 6 nitrogen and oxygen atoms in total. The number of aryl methyl sites for hydroxylation is 1. The van der Waals surface area contributed by atoms with Gasteiger partial charge >= 0.3 is 0 Å². The topological polar surface area (TPSA) is 67.7 Å². The van der Waals surface area contributed by atoms with Crippen molar-refractivity contribution in [2.45, 2.75) is 19.9 Å². The van der Waals surface area contributed by atoms with Crippen LogP contribution < -0.4 is 10.6 Å². The van der Waals surface area contributed by atoms with Crippen molar-refractivity contribution in [2.75, 3.05) is 17.2 Å². The molecule has 0 amide bonds. The van der Waals surface area contributed by atoms with Gasteiger partial charge < -0.3 is 10.6 Å². The molecule has 2 aromatic heterocycles. The lowest BCUT2D eigenvalue weighted by atomic mass is 10.3. The Morgan fingerprint density at radius 1 is 1.22 bits per heavy atom. The largest absolute Gasteiger partial charge is 0.384 e. The van der Waals surface area contributed by atoms with Crippen molar-refractivity contribution in [3.8, 4) is 0 Å². The summed E-state index contributed by atoms with van der Waals surface area (Å²) >= 11 is 0. The van der Waals surface area contributed by atoms with Gasteiger partial charge in [0.2, 0.25) is 0 Å². The van der Waals surface area contributed by atoms with Crippen molar-refractivity contribution < 1.29 is 0 Å². The molecule has 18 heavy (non-hydrogen) atoms. The SMILES string of the molecule is CCCNc1cncc(NCc2ncn(C)n2)c1. The van der Waals surface area contributed by atoms with Crippen LogP contribution in [-0.4, -0.2) is 26.3 Å². The van der Waals surface area contributed by atoms with E-state index in [9.17, 15) is 0 Å². The first-order valence-electron chi connectivity index (χ1n) is 6.05. The summed E-state index contributed by atoms with van der Waals surface area (Å²) in [5.41, 5.74) is 1.99. The smallest absolute Gasteiger partial charge is 0.169 e. The molecule has 2 heterocycles.